The first kappa shape index (κ1) is 13.9. The summed E-state index contributed by atoms with van der Waals surface area (Å²) in [5.74, 6) is -0.556. The van der Waals surface area contributed by atoms with Crippen LogP contribution in [0.2, 0.25) is 0 Å². The zero-order valence-corrected chi connectivity index (χ0v) is 11.6. The Hall–Kier alpha value is -1.01. The van der Waals surface area contributed by atoms with E-state index in [-0.39, 0.29) is 11.6 Å². The molecule has 20 heavy (non-hydrogen) atoms. The van der Waals surface area contributed by atoms with Gasteiger partial charge in [-0.2, -0.15) is 0 Å². The molecular formula is C15H21FN2O2. The van der Waals surface area contributed by atoms with Crippen molar-refractivity contribution in [2.75, 3.05) is 26.3 Å². The van der Waals surface area contributed by atoms with Gasteiger partial charge in [0.05, 0.1) is 13.2 Å². The Balaban J connectivity index is 1.60. The molecule has 2 N–H and O–H groups in total. The number of halogens is 1. The summed E-state index contributed by atoms with van der Waals surface area (Å²) < 4.78 is 24.9. The third kappa shape index (κ3) is 3.01. The molecule has 0 atom stereocenters. The maximum atomic E-state index is 13.5. The molecule has 0 bridgehead atoms. The van der Waals surface area contributed by atoms with Crippen molar-refractivity contribution in [3.05, 3.63) is 35.1 Å². The first-order chi connectivity index (χ1) is 9.69. The molecule has 0 aromatic heterocycles. The number of nitrogens with zero attached hydrogens (tertiary/aromatic N) is 1. The molecule has 1 aromatic carbocycles. The molecule has 1 spiro atoms. The Kier molecular flexibility index (Phi) is 4.03. The van der Waals surface area contributed by atoms with Crippen molar-refractivity contribution >= 4 is 0 Å². The lowest BCUT2D eigenvalue weighted by atomic mass is 10.0. The van der Waals surface area contributed by atoms with Crippen LogP contribution in [0, 0.1) is 5.82 Å². The number of nitrogens with two attached hydrogens (primary N) is 1. The van der Waals surface area contributed by atoms with Crippen molar-refractivity contribution in [1.29, 1.82) is 0 Å². The van der Waals surface area contributed by atoms with Crippen LogP contribution in [-0.4, -0.2) is 37.0 Å². The van der Waals surface area contributed by atoms with E-state index >= 15 is 0 Å². The van der Waals surface area contributed by atoms with E-state index in [1.807, 2.05) is 6.07 Å². The van der Waals surface area contributed by atoms with Gasteiger partial charge in [-0.3, -0.25) is 4.90 Å². The summed E-state index contributed by atoms with van der Waals surface area (Å²) in [7, 11) is 0. The molecule has 2 heterocycles. The summed E-state index contributed by atoms with van der Waals surface area (Å²) >= 11 is 0. The van der Waals surface area contributed by atoms with E-state index in [9.17, 15) is 4.39 Å². The first-order valence-corrected chi connectivity index (χ1v) is 7.18. The summed E-state index contributed by atoms with van der Waals surface area (Å²) in [6.45, 7) is 4.34. The van der Waals surface area contributed by atoms with Gasteiger partial charge in [-0.25, -0.2) is 4.39 Å². The number of hydrogen-bond donors (Lipinski definition) is 1. The van der Waals surface area contributed by atoms with E-state index in [2.05, 4.69) is 4.90 Å². The van der Waals surface area contributed by atoms with E-state index in [0.717, 1.165) is 43.6 Å². The molecule has 1 aromatic rings. The second kappa shape index (κ2) is 5.77. The average Bonchev–Trinajstić information content (AvgIpc) is 2.89. The molecule has 0 saturated carbocycles. The molecule has 2 saturated heterocycles. The quantitative estimate of drug-likeness (QED) is 0.914. The molecule has 0 radical (unpaired) electrons. The molecule has 2 aliphatic rings. The van der Waals surface area contributed by atoms with Crippen LogP contribution in [0.15, 0.2) is 18.2 Å². The number of ether oxygens (including phenoxy) is 2. The van der Waals surface area contributed by atoms with Gasteiger partial charge < -0.3 is 15.2 Å². The summed E-state index contributed by atoms with van der Waals surface area (Å²) in [5.41, 5.74) is 7.41. The molecule has 0 unspecified atom stereocenters. The van der Waals surface area contributed by atoms with Crippen LogP contribution in [0.5, 0.6) is 0 Å². The highest BCUT2D eigenvalue weighted by Gasteiger charge is 2.39. The predicted molar refractivity (Wildman–Crippen MR) is 73.4 cm³/mol. The average molecular weight is 280 g/mol. The van der Waals surface area contributed by atoms with E-state index in [4.69, 9.17) is 15.2 Å². The standard InChI is InChI=1S/C15H21FN2O2/c16-14-8-12(10-17)7-13(9-14)11-18-3-1-15(2-4-18)19-5-6-20-15/h7-9H,1-6,10-11,17H2. The molecule has 0 amide bonds. The van der Waals surface area contributed by atoms with Gasteiger partial charge in [0.1, 0.15) is 5.82 Å². The second-order valence-electron chi connectivity index (χ2n) is 5.56. The molecular weight excluding hydrogens is 259 g/mol. The number of likely N-dealkylation sites (tertiary alicyclic amines) is 1. The van der Waals surface area contributed by atoms with Crippen molar-refractivity contribution in [3.63, 3.8) is 0 Å². The molecule has 3 rings (SSSR count). The van der Waals surface area contributed by atoms with Crippen LogP contribution in [-0.2, 0) is 22.6 Å². The topological polar surface area (TPSA) is 47.7 Å². The van der Waals surface area contributed by atoms with Crippen molar-refractivity contribution in [3.8, 4) is 0 Å². The van der Waals surface area contributed by atoms with Gasteiger partial charge in [-0.05, 0) is 23.3 Å². The highest BCUT2D eigenvalue weighted by Crippen LogP contribution is 2.31. The largest absolute Gasteiger partial charge is 0.347 e. The minimum absolute atomic E-state index is 0.209. The Bertz CT molecular complexity index is 465. The lowest BCUT2D eigenvalue weighted by Crippen LogP contribution is -2.44. The monoisotopic (exact) mass is 280 g/mol. The highest BCUT2D eigenvalue weighted by atomic mass is 19.1. The van der Waals surface area contributed by atoms with Crippen LogP contribution in [0.4, 0.5) is 4.39 Å². The van der Waals surface area contributed by atoms with Gasteiger partial charge in [0, 0.05) is 39.0 Å². The van der Waals surface area contributed by atoms with Gasteiger partial charge in [0.2, 0.25) is 0 Å². The van der Waals surface area contributed by atoms with Crippen molar-refractivity contribution in [2.24, 2.45) is 5.73 Å². The van der Waals surface area contributed by atoms with Crippen molar-refractivity contribution in [2.45, 2.75) is 31.7 Å². The summed E-state index contributed by atoms with van der Waals surface area (Å²) in [5, 5.41) is 0. The molecule has 2 fully saturated rings. The Morgan fingerprint density at radius 3 is 2.40 bits per heavy atom. The van der Waals surface area contributed by atoms with Crippen LogP contribution in [0.3, 0.4) is 0 Å². The summed E-state index contributed by atoms with van der Waals surface area (Å²) in [6.07, 6.45) is 1.76. The Morgan fingerprint density at radius 1 is 1.10 bits per heavy atom. The van der Waals surface area contributed by atoms with Crippen LogP contribution in [0.25, 0.3) is 0 Å². The number of piperidine rings is 1. The molecule has 2 aliphatic heterocycles. The predicted octanol–water partition coefficient (Wildman–Crippen LogP) is 1.62. The maximum Gasteiger partial charge on any atom is 0.170 e. The van der Waals surface area contributed by atoms with Crippen LogP contribution < -0.4 is 5.73 Å². The molecule has 110 valence electrons. The zero-order valence-electron chi connectivity index (χ0n) is 11.6. The molecule has 4 nitrogen and oxygen atoms in total. The van der Waals surface area contributed by atoms with Crippen LogP contribution in [0.1, 0.15) is 24.0 Å². The first-order valence-electron chi connectivity index (χ1n) is 7.18. The fraction of sp³-hybridized carbons (Fsp3) is 0.600. The smallest absolute Gasteiger partial charge is 0.170 e. The van der Waals surface area contributed by atoms with E-state index in [1.54, 1.807) is 6.07 Å². The van der Waals surface area contributed by atoms with Gasteiger partial charge in [-0.1, -0.05) is 6.07 Å². The van der Waals surface area contributed by atoms with Gasteiger partial charge in [0.25, 0.3) is 0 Å². The minimum Gasteiger partial charge on any atom is -0.347 e. The Labute approximate surface area is 118 Å². The molecule has 0 aliphatic carbocycles. The summed E-state index contributed by atoms with van der Waals surface area (Å²) in [4.78, 5) is 2.31. The fourth-order valence-corrected chi connectivity index (χ4v) is 3.02. The minimum atomic E-state index is -0.346. The number of hydrogen-bond acceptors (Lipinski definition) is 4. The second-order valence-corrected chi connectivity index (χ2v) is 5.56. The van der Waals surface area contributed by atoms with E-state index in [0.29, 0.717) is 19.8 Å². The van der Waals surface area contributed by atoms with Gasteiger partial charge in [-0.15, -0.1) is 0 Å². The summed E-state index contributed by atoms with van der Waals surface area (Å²) in [6, 6.07) is 5.07. The third-order valence-electron chi connectivity index (χ3n) is 4.09. The zero-order chi connectivity index (χ0) is 14.0. The molecule has 5 heteroatoms. The maximum absolute atomic E-state index is 13.5. The van der Waals surface area contributed by atoms with Gasteiger partial charge in [0.15, 0.2) is 5.79 Å². The van der Waals surface area contributed by atoms with Gasteiger partial charge >= 0.3 is 0 Å². The van der Waals surface area contributed by atoms with Crippen molar-refractivity contribution < 1.29 is 13.9 Å². The van der Waals surface area contributed by atoms with Crippen molar-refractivity contribution in [1.82, 2.24) is 4.90 Å². The number of rotatable bonds is 3. The Morgan fingerprint density at radius 2 is 1.75 bits per heavy atom. The van der Waals surface area contributed by atoms with E-state index in [1.165, 1.54) is 6.07 Å². The third-order valence-corrected chi connectivity index (χ3v) is 4.09. The number of benzene rings is 1. The normalized spacial score (nSPS) is 22.5. The fourth-order valence-electron chi connectivity index (χ4n) is 3.02. The SMILES string of the molecule is NCc1cc(F)cc(CN2CCC3(CC2)OCCO3)c1. The van der Waals surface area contributed by atoms with E-state index < -0.39 is 0 Å². The highest BCUT2D eigenvalue weighted by molar-refractivity contribution is 5.24. The lowest BCUT2D eigenvalue weighted by molar-refractivity contribution is -0.185. The van der Waals surface area contributed by atoms with Crippen LogP contribution >= 0.6 is 0 Å². The lowest BCUT2D eigenvalue weighted by Gasteiger charge is -2.37.